The Labute approximate surface area is 144 Å². The van der Waals surface area contributed by atoms with E-state index in [0.29, 0.717) is 27.0 Å². The fraction of sp³-hybridized carbons (Fsp3) is 0.118. The summed E-state index contributed by atoms with van der Waals surface area (Å²) in [6, 6.07) is 11.8. The number of carbonyl (C=O) groups is 1. The molecule has 0 aliphatic carbocycles. The predicted molar refractivity (Wildman–Crippen MR) is 93.4 cm³/mol. The maximum Gasteiger partial charge on any atom is 0.320 e. The summed E-state index contributed by atoms with van der Waals surface area (Å²) in [6.07, 6.45) is 0. The number of carbonyl (C=O) groups excluding carboxylic acids is 1. The largest absolute Gasteiger partial charge is 0.495 e. The molecule has 0 saturated heterocycles. The van der Waals surface area contributed by atoms with Gasteiger partial charge in [-0.25, -0.2) is 4.79 Å². The number of rotatable bonds is 3. The molecule has 0 unspecified atom stereocenters. The van der Waals surface area contributed by atoms with Gasteiger partial charge in [-0.2, -0.15) is 0 Å². The van der Waals surface area contributed by atoms with E-state index in [1.807, 2.05) is 18.2 Å². The van der Waals surface area contributed by atoms with Crippen LogP contribution in [0, 0.1) is 11.8 Å². The molecule has 118 valence electrons. The average molecular weight is 349 g/mol. The minimum absolute atomic E-state index is 0.180. The third kappa shape index (κ3) is 5.10. The standard InChI is InChI=1S/C17H14Cl2N2O2/c1-23-16-9-8-13(18)11-15(16)21-17(22)20-10-4-6-12-5-2-3-7-14(12)19/h2-3,5,7-9,11H,10H2,1H3,(H2,20,21,22). The molecular formula is C17H14Cl2N2O2. The average Bonchev–Trinajstić information content (AvgIpc) is 2.53. The van der Waals surface area contributed by atoms with Crippen LogP contribution in [0.5, 0.6) is 5.75 Å². The lowest BCUT2D eigenvalue weighted by molar-refractivity contribution is 0.253. The summed E-state index contributed by atoms with van der Waals surface area (Å²) in [5, 5.41) is 6.36. The number of amides is 2. The molecule has 0 aliphatic heterocycles. The molecule has 2 amide bonds. The molecular weight excluding hydrogens is 335 g/mol. The second-order valence-corrected chi connectivity index (χ2v) is 5.28. The van der Waals surface area contributed by atoms with Crippen molar-refractivity contribution < 1.29 is 9.53 Å². The van der Waals surface area contributed by atoms with Crippen LogP contribution < -0.4 is 15.4 Å². The van der Waals surface area contributed by atoms with Crippen molar-refractivity contribution in [2.45, 2.75) is 0 Å². The fourth-order valence-corrected chi connectivity index (χ4v) is 2.13. The van der Waals surface area contributed by atoms with E-state index < -0.39 is 6.03 Å². The summed E-state index contributed by atoms with van der Waals surface area (Å²) < 4.78 is 5.15. The van der Waals surface area contributed by atoms with E-state index in [1.54, 1.807) is 24.3 Å². The Hall–Kier alpha value is -2.35. The Morgan fingerprint density at radius 1 is 1.22 bits per heavy atom. The van der Waals surface area contributed by atoms with Crippen LogP contribution in [0.1, 0.15) is 5.56 Å². The second kappa shape index (κ2) is 8.33. The number of benzene rings is 2. The van der Waals surface area contributed by atoms with E-state index in [-0.39, 0.29) is 6.54 Å². The Morgan fingerprint density at radius 3 is 2.74 bits per heavy atom. The molecule has 0 bridgehead atoms. The normalized spacial score (nSPS) is 9.52. The van der Waals surface area contributed by atoms with E-state index in [1.165, 1.54) is 7.11 Å². The first-order valence-corrected chi connectivity index (χ1v) is 7.47. The van der Waals surface area contributed by atoms with E-state index in [9.17, 15) is 4.79 Å². The minimum Gasteiger partial charge on any atom is -0.495 e. The van der Waals surface area contributed by atoms with Gasteiger partial charge in [-0.3, -0.25) is 0 Å². The molecule has 2 aromatic carbocycles. The molecule has 0 atom stereocenters. The molecule has 6 heteroatoms. The second-order valence-electron chi connectivity index (χ2n) is 4.43. The predicted octanol–water partition coefficient (Wildman–Crippen LogP) is 4.18. The molecule has 0 fully saturated rings. The number of anilines is 1. The summed E-state index contributed by atoms with van der Waals surface area (Å²) in [5.41, 5.74) is 1.20. The molecule has 0 aromatic heterocycles. The van der Waals surface area contributed by atoms with Crippen molar-refractivity contribution in [3.8, 4) is 17.6 Å². The number of urea groups is 1. The highest BCUT2D eigenvalue weighted by Crippen LogP contribution is 2.27. The zero-order valence-electron chi connectivity index (χ0n) is 12.3. The highest BCUT2D eigenvalue weighted by atomic mass is 35.5. The minimum atomic E-state index is -0.404. The van der Waals surface area contributed by atoms with E-state index >= 15 is 0 Å². The fourth-order valence-electron chi connectivity index (χ4n) is 1.77. The zero-order chi connectivity index (χ0) is 16.7. The van der Waals surface area contributed by atoms with Gasteiger partial charge in [0.25, 0.3) is 0 Å². The molecule has 4 nitrogen and oxygen atoms in total. The lowest BCUT2D eigenvalue weighted by Gasteiger charge is -2.10. The van der Waals surface area contributed by atoms with Crippen molar-refractivity contribution in [1.82, 2.24) is 5.32 Å². The van der Waals surface area contributed by atoms with Crippen LogP contribution in [-0.4, -0.2) is 19.7 Å². The van der Waals surface area contributed by atoms with E-state index in [4.69, 9.17) is 27.9 Å². The van der Waals surface area contributed by atoms with E-state index in [0.717, 1.165) is 0 Å². The third-order valence-electron chi connectivity index (χ3n) is 2.84. The third-order valence-corrected chi connectivity index (χ3v) is 3.41. The number of nitrogens with one attached hydrogen (secondary N) is 2. The quantitative estimate of drug-likeness (QED) is 0.817. The SMILES string of the molecule is COc1ccc(Cl)cc1NC(=O)NCC#Cc1ccccc1Cl. The van der Waals surface area contributed by atoms with Gasteiger partial charge in [0.05, 0.1) is 24.4 Å². The Morgan fingerprint density at radius 2 is 2.00 bits per heavy atom. The van der Waals surface area contributed by atoms with Crippen LogP contribution in [0.3, 0.4) is 0 Å². The van der Waals surface area contributed by atoms with Crippen molar-refractivity contribution in [2.75, 3.05) is 19.0 Å². The number of hydrogen-bond acceptors (Lipinski definition) is 2. The number of halogens is 2. The van der Waals surface area contributed by atoms with Crippen LogP contribution in [0.4, 0.5) is 10.5 Å². The van der Waals surface area contributed by atoms with E-state index in [2.05, 4.69) is 22.5 Å². The maximum absolute atomic E-state index is 11.9. The molecule has 0 aliphatic rings. The topological polar surface area (TPSA) is 50.4 Å². The lowest BCUT2D eigenvalue weighted by Crippen LogP contribution is -2.29. The van der Waals surface area contributed by atoms with Gasteiger partial charge in [-0.05, 0) is 30.3 Å². The number of hydrogen-bond donors (Lipinski definition) is 2. The van der Waals surface area contributed by atoms with Crippen LogP contribution in [0.25, 0.3) is 0 Å². The van der Waals surface area contributed by atoms with Crippen molar-refractivity contribution in [3.05, 3.63) is 58.1 Å². The molecule has 2 aromatic rings. The van der Waals surface area contributed by atoms with Gasteiger partial charge in [-0.1, -0.05) is 47.2 Å². The number of methoxy groups -OCH3 is 1. The van der Waals surface area contributed by atoms with Crippen molar-refractivity contribution in [2.24, 2.45) is 0 Å². The number of ether oxygens (including phenoxy) is 1. The maximum atomic E-state index is 11.9. The van der Waals surface area contributed by atoms with Gasteiger partial charge in [0.1, 0.15) is 5.75 Å². The molecule has 2 rings (SSSR count). The first-order valence-electron chi connectivity index (χ1n) is 6.72. The van der Waals surface area contributed by atoms with Crippen molar-refractivity contribution in [3.63, 3.8) is 0 Å². The van der Waals surface area contributed by atoms with Gasteiger partial charge >= 0.3 is 6.03 Å². The first-order chi connectivity index (χ1) is 11.1. The Balaban J connectivity index is 1.92. The Bertz CT molecular complexity index is 767. The lowest BCUT2D eigenvalue weighted by atomic mass is 10.2. The van der Waals surface area contributed by atoms with Crippen LogP contribution in [0.15, 0.2) is 42.5 Å². The summed E-state index contributed by atoms with van der Waals surface area (Å²) in [5.74, 6) is 6.25. The first kappa shape index (κ1) is 17.0. The van der Waals surface area contributed by atoms with Crippen molar-refractivity contribution >= 4 is 34.9 Å². The zero-order valence-corrected chi connectivity index (χ0v) is 13.8. The molecule has 0 radical (unpaired) electrons. The smallest absolute Gasteiger partial charge is 0.320 e. The van der Waals surface area contributed by atoms with Gasteiger partial charge in [0.2, 0.25) is 0 Å². The van der Waals surface area contributed by atoms with Crippen LogP contribution in [-0.2, 0) is 0 Å². The van der Waals surface area contributed by atoms with Gasteiger partial charge in [0, 0.05) is 10.6 Å². The summed E-state index contributed by atoms with van der Waals surface area (Å²) in [7, 11) is 1.52. The monoisotopic (exact) mass is 348 g/mol. The molecule has 2 N–H and O–H groups in total. The molecule has 0 spiro atoms. The summed E-state index contributed by atoms with van der Waals surface area (Å²) >= 11 is 11.9. The Kier molecular flexibility index (Phi) is 6.16. The molecule has 0 heterocycles. The molecule has 0 saturated carbocycles. The highest BCUT2D eigenvalue weighted by molar-refractivity contribution is 6.31. The highest BCUT2D eigenvalue weighted by Gasteiger charge is 2.07. The van der Waals surface area contributed by atoms with Crippen LogP contribution >= 0.6 is 23.2 Å². The van der Waals surface area contributed by atoms with Crippen LogP contribution in [0.2, 0.25) is 10.0 Å². The summed E-state index contributed by atoms with van der Waals surface area (Å²) in [4.78, 5) is 11.9. The van der Waals surface area contributed by atoms with Crippen molar-refractivity contribution in [1.29, 1.82) is 0 Å². The van der Waals surface area contributed by atoms with Gasteiger partial charge in [-0.15, -0.1) is 0 Å². The molecule has 23 heavy (non-hydrogen) atoms. The summed E-state index contributed by atoms with van der Waals surface area (Å²) in [6.45, 7) is 0.180. The van der Waals surface area contributed by atoms with Gasteiger partial charge < -0.3 is 15.4 Å². The van der Waals surface area contributed by atoms with Gasteiger partial charge in [0.15, 0.2) is 0 Å².